The molecule has 0 aliphatic carbocycles. The summed E-state index contributed by atoms with van der Waals surface area (Å²) in [5.74, 6) is 1.23. The first-order valence-corrected chi connectivity index (χ1v) is 8.32. The first kappa shape index (κ1) is 17.7. The quantitative estimate of drug-likeness (QED) is 0.761. The minimum absolute atomic E-state index is 0.172. The lowest BCUT2D eigenvalue weighted by molar-refractivity contribution is 0.00719. The van der Waals surface area contributed by atoms with Crippen LogP contribution < -0.4 is 10.6 Å². The highest BCUT2D eigenvalue weighted by Gasteiger charge is 2.24. The summed E-state index contributed by atoms with van der Waals surface area (Å²) in [7, 11) is 0. The van der Waals surface area contributed by atoms with E-state index in [1.165, 1.54) is 0 Å². The minimum Gasteiger partial charge on any atom is -0.379 e. The van der Waals surface area contributed by atoms with Gasteiger partial charge >= 0.3 is 6.03 Å². The fourth-order valence-corrected chi connectivity index (χ4v) is 2.79. The molecule has 2 heterocycles. The summed E-state index contributed by atoms with van der Waals surface area (Å²) in [5, 5.41) is 13.7. The maximum absolute atomic E-state index is 12.0. The van der Waals surface area contributed by atoms with Crippen LogP contribution in [0.4, 0.5) is 4.79 Å². The number of carbonyl (C=O) groups is 1. The van der Waals surface area contributed by atoms with E-state index in [1.54, 1.807) is 6.33 Å². The van der Waals surface area contributed by atoms with Gasteiger partial charge in [-0.2, -0.15) is 0 Å². The number of rotatable bonds is 7. The topological polar surface area (TPSA) is 84.3 Å². The van der Waals surface area contributed by atoms with E-state index in [1.807, 2.05) is 11.5 Å². The number of carbonyl (C=O) groups excluding carboxylic acids is 1. The number of ether oxygens (including phenoxy) is 1. The van der Waals surface area contributed by atoms with Crippen molar-refractivity contribution in [3.63, 3.8) is 0 Å². The van der Waals surface area contributed by atoms with Crippen molar-refractivity contribution in [1.29, 1.82) is 0 Å². The summed E-state index contributed by atoms with van der Waals surface area (Å²) in [6.45, 7) is 11.6. The molecule has 0 aromatic carbocycles. The molecule has 1 atom stereocenters. The van der Waals surface area contributed by atoms with Crippen LogP contribution in [-0.4, -0.2) is 64.6 Å². The SMILES string of the molecule is CCn1cnnc1CNC(=O)NC[C@H](C(C)C)N1CCOCC1. The van der Waals surface area contributed by atoms with Gasteiger partial charge in [-0.3, -0.25) is 4.90 Å². The van der Waals surface area contributed by atoms with E-state index in [-0.39, 0.29) is 6.03 Å². The molecular formula is C15H28N6O2. The lowest BCUT2D eigenvalue weighted by Gasteiger charge is -2.36. The summed E-state index contributed by atoms with van der Waals surface area (Å²) in [4.78, 5) is 14.4. The van der Waals surface area contributed by atoms with E-state index < -0.39 is 0 Å². The molecule has 130 valence electrons. The molecule has 2 N–H and O–H groups in total. The highest BCUT2D eigenvalue weighted by Crippen LogP contribution is 2.12. The second kappa shape index (κ2) is 8.83. The number of nitrogens with zero attached hydrogens (tertiary/aromatic N) is 4. The molecule has 8 heteroatoms. The van der Waals surface area contributed by atoms with Gasteiger partial charge in [-0.15, -0.1) is 10.2 Å². The van der Waals surface area contributed by atoms with Gasteiger partial charge in [0.2, 0.25) is 0 Å². The van der Waals surface area contributed by atoms with Crippen LogP contribution >= 0.6 is 0 Å². The van der Waals surface area contributed by atoms with Crippen LogP contribution in [0.5, 0.6) is 0 Å². The van der Waals surface area contributed by atoms with Gasteiger partial charge in [-0.25, -0.2) is 4.79 Å². The number of aromatic nitrogens is 3. The molecule has 0 radical (unpaired) electrons. The van der Waals surface area contributed by atoms with Crippen LogP contribution in [0.25, 0.3) is 0 Å². The van der Waals surface area contributed by atoms with Crippen LogP contribution in [0.15, 0.2) is 6.33 Å². The van der Waals surface area contributed by atoms with Crippen molar-refractivity contribution in [3.8, 4) is 0 Å². The molecule has 1 saturated heterocycles. The maximum Gasteiger partial charge on any atom is 0.315 e. The summed E-state index contributed by atoms with van der Waals surface area (Å²) >= 11 is 0. The molecule has 1 aliphatic rings. The molecule has 8 nitrogen and oxygen atoms in total. The summed E-state index contributed by atoms with van der Waals surface area (Å²) in [5.41, 5.74) is 0. The Kier molecular flexibility index (Phi) is 6.79. The highest BCUT2D eigenvalue weighted by molar-refractivity contribution is 5.73. The second-order valence-electron chi connectivity index (χ2n) is 6.06. The molecule has 0 spiro atoms. The fraction of sp³-hybridized carbons (Fsp3) is 0.800. The Morgan fingerprint density at radius 3 is 2.74 bits per heavy atom. The molecule has 0 saturated carbocycles. The van der Waals surface area contributed by atoms with Crippen molar-refractivity contribution in [1.82, 2.24) is 30.3 Å². The molecular weight excluding hydrogens is 296 g/mol. The van der Waals surface area contributed by atoms with E-state index in [9.17, 15) is 4.79 Å². The number of urea groups is 1. The molecule has 23 heavy (non-hydrogen) atoms. The average Bonchev–Trinajstić information content (AvgIpc) is 3.01. The third kappa shape index (κ3) is 5.18. The van der Waals surface area contributed by atoms with Crippen LogP contribution in [0.2, 0.25) is 0 Å². The van der Waals surface area contributed by atoms with E-state index in [0.717, 1.165) is 38.7 Å². The zero-order valence-electron chi connectivity index (χ0n) is 14.3. The fourth-order valence-electron chi connectivity index (χ4n) is 2.79. The Balaban J connectivity index is 1.77. The van der Waals surface area contributed by atoms with Gasteiger partial charge in [0.15, 0.2) is 5.82 Å². The van der Waals surface area contributed by atoms with E-state index in [0.29, 0.717) is 25.0 Å². The van der Waals surface area contributed by atoms with Crippen molar-refractivity contribution in [2.24, 2.45) is 5.92 Å². The largest absolute Gasteiger partial charge is 0.379 e. The van der Waals surface area contributed by atoms with Crippen LogP contribution in [0, 0.1) is 5.92 Å². The van der Waals surface area contributed by atoms with Crippen molar-refractivity contribution in [3.05, 3.63) is 12.2 Å². The van der Waals surface area contributed by atoms with E-state index in [4.69, 9.17) is 4.74 Å². The van der Waals surface area contributed by atoms with Crippen molar-refractivity contribution in [2.75, 3.05) is 32.8 Å². The van der Waals surface area contributed by atoms with Gasteiger partial charge in [0.25, 0.3) is 0 Å². The molecule has 1 fully saturated rings. The van der Waals surface area contributed by atoms with Gasteiger partial charge in [0, 0.05) is 32.2 Å². The Morgan fingerprint density at radius 1 is 1.35 bits per heavy atom. The molecule has 1 aliphatic heterocycles. The monoisotopic (exact) mass is 324 g/mol. The zero-order chi connectivity index (χ0) is 16.7. The number of amides is 2. The third-order valence-corrected chi connectivity index (χ3v) is 4.20. The average molecular weight is 324 g/mol. The zero-order valence-corrected chi connectivity index (χ0v) is 14.3. The molecule has 2 amide bonds. The highest BCUT2D eigenvalue weighted by atomic mass is 16.5. The predicted octanol–water partition coefficient (Wildman–Crippen LogP) is 0.454. The minimum atomic E-state index is -0.172. The molecule has 0 unspecified atom stereocenters. The molecule has 0 bridgehead atoms. The van der Waals surface area contributed by atoms with Crippen molar-refractivity contribution >= 4 is 6.03 Å². The van der Waals surface area contributed by atoms with Gasteiger partial charge < -0.3 is 19.9 Å². The van der Waals surface area contributed by atoms with Gasteiger partial charge in [-0.1, -0.05) is 13.8 Å². The Labute approximate surface area is 137 Å². The van der Waals surface area contributed by atoms with E-state index in [2.05, 4.69) is 39.6 Å². The summed E-state index contributed by atoms with van der Waals surface area (Å²) in [6.07, 6.45) is 1.67. The number of nitrogens with one attached hydrogen (secondary N) is 2. The number of hydrogen-bond donors (Lipinski definition) is 2. The molecule has 1 aromatic rings. The first-order chi connectivity index (χ1) is 11.1. The van der Waals surface area contributed by atoms with Crippen LogP contribution in [0.1, 0.15) is 26.6 Å². The third-order valence-electron chi connectivity index (χ3n) is 4.20. The van der Waals surface area contributed by atoms with Gasteiger partial charge in [-0.05, 0) is 12.8 Å². The predicted molar refractivity (Wildman–Crippen MR) is 87.0 cm³/mol. The molecule has 1 aromatic heterocycles. The second-order valence-corrected chi connectivity index (χ2v) is 6.06. The van der Waals surface area contributed by atoms with Crippen LogP contribution in [0.3, 0.4) is 0 Å². The summed E-state index contributed by atoms with van der Waals surface area (Å²) < 4.78 is 7.31. The Morgan fingerprint density at radius 2 is 2.09 bits per heavy atom. The Hall–Kier alpha value is -1.67. The number of hydrogen-bond acceptors (Lipinski definition) is 5. The number of morpholine rings is 1. The first-order valence-electron chi connectivity index (χ1n) is 8.32. The van der Waals surface area contributed by atoms with Crippen molar-refractivity contribution < 1.29 is 9.53 Å². The number of aryl methyl sites for hydroxylation is 1. The lowest BCUT2D eigenvalue weighted by atomic mass is 10.0. The Bertz CT molecular complexity index is 484. The summed E-state index contributed by atoms with van der Waals surface area (Å²) in [6, 6.07) is 0.151. The maximum atomic E-state index is 12.0. The molecule has 2 rings (SSSR count). The smallest absolute Gasteiger partial charge is 0.315 e. The van der Waals surface area contributed by atoms with Gasteiger partial charge in [0.05, 0.1) is 19.8 Å². The van der Waals surface area contributed by atoms with Gasteiger partial charge in [0.1, 0.15) is 6.33 Å². The van der Waals surface area contributed by atoms with Crippen molar-refractivity contribution in [2.45, 2.75) is 39.9 Å². The van der Waals surface area contributed by atoms with E-state index >= 15 is 0 Å². The standard InChI is InChI=1S/C15H28N6O2/c1-4-20-11-18-19-14(20)10-17-15(22)16-9-13(12(2)3)21-5-7-23-8-6-21/h11-13H,4-10H2,1-3H3,(H2,16,17,22)/t13-/m1/s1. The normalized spacial score (nSPS) is 17.2. The van der Waals surface area contributed by atoms with Crippen LogP contribution in [-0.2, 0) is 17.8 Å². The lowest BCUT2D eigenvalue weighted by Crippen LogP contribution is -2.52.